The van der Waals surface area contributed by atoms with Gasteiger partial charge in [0.2, 0.25) is 0 Å². The molecule has 0 saturated carbocycles. The number of allylic oxidation sites excluding steroid dienone is 2. The number of anilines is 2. The number of benzene rings is 1. The Balaban J connectivity index is 1.61. The number of hydrogen-bond donors (Lipinski definition) is 4. The zero-order chi connectivity index (χ0) is 29.6. The van der Waals surface area contributed by atoms with Crippen LogP contribution in [0.2, 0.25) is 0 Å². The van der Waals surface area contributed by atoms with Crippen LogP contribution in [0.15, 0.2) is 83.5 Å². The van der Waals surface area contributed by atoms with Crippen LogP contribution in [-0.2, 0) is 20.9 Å². The molecule has 218 valence electrons. The molecular formula is C31H34N6O5. The molecule has 0 aliphatic carbocycles. The number of pyridine rings is 2. The third-order valence-corrected chi connectivity index (χ3v) is 7.29. The van der Waals surface area contributed by atoms with E-state index in [1.165, 1.54) is 7.11 Å². The van der Waals surface area contributed by atoms with Crippen LogP contribution in [0, 0.1) is 0 Å². The Morgan fingerprint density at radius 1 is 0.976 bits per heavy atom. The summed E-state index contributed by atoms with van der Waals surface area (Å²) < 4.78 is 11.1. The predicted molar refractivity (Wildman–Crippen MR) is 158 cm³/mol. The number of dihydropyridines is 1. The van der Waals surface area contributed by atoms with Crippen molar-refractivity contribution in [3.05, 3.63) is 94.6 Å². The minimum absolute atomic E-state index is 0.0158. The van der Waals surface area contributed by atoms with Gasteiger partial charge in [-0.15, -0.1) is 0 Å². The molecule has 1 saturated heterocycles. The number of methoxy groups -OCH3 is 1. The molecule has 11 nitrogen and oxygen atoms in total. The van der Waals surface area contributed by atoms with Gasteiger partial charge < -0.3 is 30.5 Å². The second-order valence-electron chi connectivity index (χ2n) is 10.1. The van der Waals surface area contributed by atoms with Crippen molar-refractivity contribution < 1.29 is 24.2 Å². The van der Waals surface area contributed by atoms with Gasteiger partial charge in [0.15, 0.2) is 11.5 Å². The molecule has 1 aromatic carbocycles. The number of phenolic OH excluding ortho intramolecular Hbond substituents is 1. The topological polar surface area (TPSA) is 138 Å². The predicted octanol–water partition coefficient (Wildman–Crippen LogP) is 3.54. The molecule has 0 radical (unpaired) electrons. The van der Waals surface area contributed by atoms with Gasteiger partial charge in [-0.3, -0.25) is 14.5 Å². The van der Waals surface area contributed by atoms with Crippen molar-refractivity contribution in [2.75, 3.05) is 44.0 Å². The number of phenols is 1. The smallest absolute Gasteiger partial charge is 0.255 e. The normalized spacial score (nSPS) is 16.2. The summed E-state index contributed by atoms with van der Waals surface area (Å²) in [5.74, 6) is -0.619. The Morgan fingerprint density at radius 3 is 2.05 bits per heavy atom. The summed E-state index contributed by atoms with van der Waals surface area (Å²) in [6, 6.07) is 14.0. The molecule has 5 rings (SSSR count). The molecule has 2 aromatic heterocycles. The third-order valence-electron chi connectivity index (χ3n) is 7.29. The van der Waals surface area contributed by atoms with Crippen LogP contribution in [0.25, 0.3) is 0 Å². The van der Waals surface area contributed by atoms with Gasteiger partial charge in [0.1, 0.15) is 11.6 Å². The number of hydrogen-bond acceptors (Lipinski definition) is 9. The summed E-state index contributed by atoms with van der Waals surface area (Å²) in [6.07, 6.45) is 3.18. The van der Waals surface area contributed by atoms with E-state index in [0.29, 0.717) is 78.2 Å². The highest BCUT2D eigenvalue weighted by Crippen LogP contribution is 2.43. The van der Waals surface area contributed by atoms with E-state index in [-0.39, 0.29) is 11.5 Å². The van der Waals surface area contributed by atoms with E-state index < -0.39 is 17.7 Å². The summed E-state index contributed by atoms with van der Waals surface area (Å²) in [6.45, 7) is 6.67. The number of ether oxygens (including phenoxy) is 2. The van der Waals surface area contributed by atoms with Crippen LogP contribution < -0.4 is 20.7 Å². The highest BCUT2D eigenvalue weighted by Gasteiger charge is 2.37. The van der Waals surface area contributed by atoms with Crippen LogP contribution in [0.3, 0.4) is 0 Å². The molecule has 0 bridgehead atoms. The molecule has 2 aliphatic heterocycles. The fourth-order valence-corrected chi connectivity index (χ4v) is 5.30. The van der Waals surface area contributed by atoms with E-state index in [1.54, 1.807) is 68.7 Å². The van der Waals surface area contributed by atoms with Gasteiger partial charge in [-0.2, -0.15) is 0 Å². The third kappa shape index (κ3) is 6.27. The lowest BCUT2D eigenvalue weighted by Gasteiger charge is -2.32. The molecule has 4 N–H and O–H groups in total. The zero-order valence-electron chi connectivity index (χ0n) is 23.8. The van der Waals surface area contributed by atoms with Crippen LogP contribution in [0.5, 0.6) is 11.5 Å². The van der Waals surface area contributed by atoms with Gasteiger partial charge in [-0.25, -0.2) is 9.97 Å². The Morgan fingerprint density at radius 2 is 1.55 bits per heavy atom. The number of rotatable bonds is 8. The van der Waals surface area contributed by atoms with Gasteiger partial charge in [-0.1, -0.05) is 12.1 Å². The molecule has 0 atom stereocenters. The van der Waals surface area contributed by atoms with Crippen LogP contribution in [0.1, 0.15) is 30.9 Å². The average molecular weight is 571 g/mol. The first kappa shape index (κ1) is 28.8. The molecular weight excluding hydrogens is 536 g/mol. The van der Waals surface area contributed by atoms with Crippen molar-refractivity contribution in [1.29, 1.82) is 0 Å². The second-order valence-corrected chi connectivity index (χ2v) is 10.1. The SMILES string of the molecule is COc1cc(C2C(C(=O)Nc3ccccn3)=C(C)NC(C)=C2C(=O)Nc2ccccn2)cc(CN2CCOCC2)c1O. The minimum Gasteiger partial charge on any atom is -0.504 e. The first-order valence-corrected chi connectivity index (χ1v) is 13.7. The monoisotopic (exact) mass is 570 g/mol. The van der Waals surface area contributed by atoms with Gasteiger partial charge >= 0.3 is 0 Å². The number of aromatic nitrogens is 2. The molecule has 0 spiro atoms. The highest BCUT2D eigenvalue weighted by molar-refractivity contribution is 6.11. The fourth-order valence-electron chi connectivity index (χ4n) is 5.30. The number of morpholine rings is 1. The average Bonchev–Trinajstić information content (AvgIpc) is 2.99. The summed E-state index contributed by atoms with van der Waals surface area (Å²) in [4.78, 5) is 38.4. The second kappa shape index (κ2) is 12.8. The molecule has 1 fully saturated rings. The van der Waals surface area contributed by atoms with Crippen LogP contribution in [-0.4, -0.2) is 65.2 Å². The van der Waals surface area contributed by atoms with E-state index in [9.17, 15) is 14.7 Å². The largest absolute Gasteiger partial charge is 0.504 e. The van der Waals surface area contributed by atoms with E-state index >= 15 is 0 Å². The molecule has 11 heteroatoms. The zero-order valence-corrected chi connectivity index (χ0v) is 23.8. The fraction of sp³-hybridized carbons (Fsp3) is 0.290. The van der Waals surface area contributed by atoms with Crippen LogP contribution >= 0.6 is 0 Å². The minimum atomic E-state index is -0.809. The van der Waals surface area contributed by atoms with Gasteiger partial charge in [-0.05, 0) is 55.8 Å². The lowest BCUT2D eigenvalue weighted by molar-refractivity contribution is -0.113. The van der Waals surface area contributed by atoms with E-state index in [2.05, 4.69) is 30.8 Å². The number of nitrogens with one attached hydrogen (secondary N) is 3. The van der Waals surface area contributed by atoms with Crippen molar-refractivity contribution in [3.63, 3.8) is 0 Å². The summed E-state index contributed by atoms with van der Waals surface area (Å²) in [7, 11) is 1.48. The number of nitrogens with zero attached hydrogens (tertiary/aromatic N) is 3. The lowest BCUT2D eigenvalue weighted by Crippen LogP contribution is -2.36. The van der Waals surface area contributed by atoms with Crippen molar-refractivity contribution in [3.8, 4) is 11.5 Å². The van der Waals surface area contributed by atoms with Gasteiger partial charge in [0, 0.05) is 66.0 Å². The quantitative estimate of drug-likeness (QED) is 0.320. The maximum Gasteiger partial charge on any atom is 0.255 e. The van der Waals surface area contributed by atoms with Crippen molar-refractivity contribution >= 4 is 23.5 Å². The summed E-state index contributed by atoms with van der Waals surface area (Å²) in [5.41, 5.74) is 3.08. The van der Waals surface area contributed by atoms with Crippen molar-refractivity contribution in [1.82, 2.24) is 20.2 Å². The number of carbonyl (C=O) groups is 2. The first-order chi connectivity index (χ1) is 20.4. The molecule has 0 unspecified atom stereocenters. The van der Waals surface area contributed by atoms with E-state index in [0.717, 1.165) is 0 Å². The maximum atomic E-state index is 13.9. The van der Waals surface area contributed by atoms with Gasteiger partial charge in [0.05, 0.1) is 20.3 Å². The number of amides is 2. The number of carbonyl (C=O) groups excluding carboxylic acids is 2. The summed E-state index contributed by atoms with van der Waals surface area (Å²) >= 11 is 0. The standard InChI is InChI=1S/C31H34N6O5/c1-19-26(30(39)35-24-8-4-6-10-32-24)28(27(20(2)34-19)31(40)36-25-9-5-7-11-33-25)21-16-22(29(38)23(17-21)41-3)18-37-12-14-42-15-13-37/h4-11,16-17,28,34,38H,12-15,18H2,1-3H3,(H,32,35,39)(H,33,36,40). The molecule has 2 amide bonds. The summed E-state index contributed by atoms with van der Waals surface area (Å²) in [5, 5.41) is 20.1. The van der Waals surface area contributed by atoms with Crippen LogP contribution in [0.4, 0.5) is 11.6 Å². The molecule has 42 heavy (non-hydrogen) atoms. The van der Waals surface area contributed by atoms with E-state index in [4.69, 9.17) is 9.47 Å². The Kier molecular flexibility index (Phi) is 8.80. The Labute approximate surface area is 244 Å². The number of aromatic hydroxyl groups is 1. The molecule has 3 aromatic rings. The molecule has 4 heterocycles. The molecule has 2 aliphatic rings. The Hall–Kier alpha value is -4.74. The maximum absolute atomic E-state index is 13.9. The lowest BCUT2D eigenvalue weighted by atomic mass is 9.79. The van der Waals surface area contributed by atoms with Gasteiger partial charge in [0.25, 0.3) is 11.8 Å². The van der Waals surface area contributed by atoms with Crippen molar-refractivity contribution in [2.45, 2.75) is 26.3 Å². The first-order valence-electron chi connectivity index (χ1n) is 13.7. The van der Waals surface area contributed by atoms with Crippen molar-refractivity contribution in [2.24, 2.45) is 0 Å². The Bertz CT molecular complexity index is 1440. The highest BCUT2D eigenvalue weighted by atomic mass is 16.5. The van der Waals surface area contributed by atoms with E-state index in [1.807, 2.05) is 6.07 Å².